The fourth-order valence-corrected chi connectivity index (χ4v) is 2.55. The van der Waals surface area contributed by atoms with Crippen LogP contribution in [0.4, 0.5) is 0 Å². The van der Waals surface area contributed by atoms with E-state index in [0.717, 1.165) is 17.9 Å². The number of benzene rings is 1. The highest BCUT2D eigenvalue weighted by molar-refractivity contribution is 5.80. The van der Waals surface area contributed by atoms with Crippen molar-refractivity contribution in [2.45, 2.75) is 44.1 Å². The summed E-state index contributed by atoms with van der Waals surface area (Å²) in [6, 6.07) is 7.58. The van der Waals surface area contributed by atoms with Crippen molar-refractivity contribution in [3.63, 3.8) is 0 Å². The van der Waals surface area contributed by atoms with Gasteiger partial charge in [0.25, 0.3) is 0 Å². The Kier molecular flexibility index (Phi) is 5.42. The van der Waals surface area contributed by atoms with Gasteiger partial charge in [-0.25, -0.2) is 0 Å². The van der Waals surface area contributed by atoms with Gasteiger partial charge >= 0.3 is 5.97 Å². The average Bonchev–Trinajstić information content (AvgIpc) is 3.34. The van der Waals surface area contributed by atoms with Gasteiger partial charge < -0.3 is 21.3 Å². The summed E-state index contributed by atoms with van der Waals surface area (Å²) in [5.41, 5.74) is 11.3. The average molecular weight is 306 g/mol. The lowest BCUT2D eigenvalue weighted by Crippen LogP contribution is -2.52. The molecule has 0 spiro atoms. The number of carbonyl (C=O) groups is 1. The second kappa shape index (κ2) is 7.11. The topological polar surface area (TPSA) is 98.6 Å². The molecule has 5 heteroatoms. The van der Waals surface area contributed by atoms with E-state index in [1.54, 1.807) is 0 Å². The Morgan fingerprint density at radius 2 is 2.05 bits per heavy atom. The van der Waals surface area contributed by atoms with Crippen LogP contribution in [0.25, 0.3) is 0 Å². The molecule has 0 aliphatic heterocycles. The Morgan fingerprint density at radius 1 is 1.41 bits per heavy atom. The van der Waals surface area contributed by atoms with Crippen molar-refractivity contribution in [3.05, 3.63) is 29.8 Å². The lowest BCUT2D eigenvalue weighted by molar-refractivity contribution is -0.144. The van der Waals surface area contributed by atoms with Gasteiger partial charge in [0.2, 0.25) is 0 Å². The molecule has 1 aliphatic carbocycles. The summed E-state index contributed by atoms with van der Waals surface area (Å²) >= 11 is 0. The summed E-state index contributed by atoms with van der Waals surface area (Å²) in [6.07, 6.45) is 3.46. The second-order valence-corrected chi connectivity index (χ2v) is 6.28. The molecule has 5 nitrogen and oxygen atoms in total. The summed E-state index contributed by atoms with van der Waals surface area (Å²) < 4.78 is 5.70. The van der Waals surface area contributed by atoms with E-state index in [1.165, 1.54) is 12.8 Å². The van der Waals surface area contributed by atoms with E-state index in [2.05, 4.69) is 0 Å². The van der Waals surface area contributed by atoms with Crippen molar-refractivity contribution < 1.29 is 14.6 Å². The molecule has 5 N–H and O–H groups in total. The van der Waals surface area contributed by atoms with Gasteiger partial charge in [-0.3, -0.25) is 4.79 Å². The number of carboxylic acid groups (broad SMARTS) is 1. The van der Waals surface area contributed by atoms with E-state index >= 15 is 0 Å². The molecule has 0 amide bonds. The summed E-state index contributed by atoms with van der Waals surface area (Å²) in [4.78, 5) is 11.6. The molecule has 0 heterocycles. The van der Waals surface area contributed by atoms with E-state index in [-0.39, 0.29) is 5.92 Å². The highest BCUT2D eigenvalue weighted by Gasteiger charge is 2.39. The smallest absolute Gasteiger partial charge is 0.324 e. The van der Waals surface area contributed by atoms with Gasteiger partial charge in [0, 0.05) is 5.92 Å². The zero-order chi connectivity index (χ0) is 16.2. The molecule has 122 valence electrons. The maximum absolute atomic E-state index is 11.6. The van der Waals surface area contributed by atoms with Crippen molar-refractivity contribution in [3.8, 4) is 5.75 Å². The monoisotopic (exact) mass is 306 g/mol. The first-order valence-corrected chi connectivity index (χ1v) is 7.92. The molecule has 0 aromatic heterocycles. The molecule has 1 fully saturated rings. The zero-order valence-corrected chi connectivity index (χ0v) is 13.1. The number of carboxylic acids is 1. The predicted octanol–water partition coefficient (Wildman–Crippen LogP) is 2.10. The molecule has 1 saturated carbocycles. The van der Waals surface area contributed by atoms with Gasteiger partial charge in [-0.05, 0) is 55.8 Å². The van der Waals surface area contributed by atoms with Crippen LogP contribution in [0.3, 0.4) is 0 Å². The minimum Gasteiger partial charge on any atom is -0.493 e. The molecule has 0 saturated heterocycles. The molecule has 2 rings (SSSR count). The maximum Gasteiger partial charge on any atom is 0.324 e. The molecular formula is C17H26N2O3. The number of aliphatic carboxylic acids is 1. The van der Waals surface area contributed by atoms with Crippen LogP contribution in [0.5, 0.6) is 5.75 Å². The molecule has 1 aromatic rings. The van der Waals surface area contributed by atoms with Gasteiger partial charge in [-0.1, -0.05) is 19.1 Å². The molecule has 22 heavy (non-hydrogen) atoms. The lowest BCUT2D eigenvalue weighted by atomic mass is 9.78. The largest absolute Gasteiger partial charge is 0.493 e. The molecule has 2 unspecified atom stereocenters. The summed E-state index contributed by atoms with van der Waals surface area (Å²) in [7, 11) is 0. The minimum absolute atomic E-state index is 0.297. The first-order chi connectivity index (χ1) is 10.5. The van der Waals surface area contributed by atoms with E-state index in [1.807, 2.05) is 31.2 Å². The van der Waals surface area contributed by atoms with Crippen LogP contribution in [-0.2, 0) is 4.79 Å². The van der Waals surface area contributed by atoms with Gasteiger partial charge in [-0.2, -0.15) is 0 Å². The zero-order valence-electron chi connectivity index (χ0n) is 13.1. The number of hydrogen-bond acceptors (Lipinski definition) is 4. The van der Waals surface area contributed by atoms with E-state index in [9.17, 15) is 9.90 Å². The first kappa shape index (κ1) is 16.8. The normalized spacial score (nSPS) is 18.5. The van der Waals surface area contributed by atoms with Crippen molar-refractivity contribution in [1.82, 2.24) is 0 Å². The van der Waals surface area contributed by atoms with Crippen LogP contribution < -0.4 is 16.2 Å². The third-order valence-corrected chi connectivity index (χ3v) is 4.53. The Balaban J connectivity index is 2.05. The Bertz CT molecular complexity index is 499. The maximum atomic E-state index is 11.6. The van der Waals surface area contributed by atoms with E-state index in [4.69, 9.17) is 16.2 Å². The Labute approximate surface area is 131 Å². The fourth-order valence-electron chi connectivity index (χ4n) is 2.55. The third kappa shape index (κ3) is 3.99. The van der Waals surface area contributed by atoms with E-state index in [0.29, 0.717) is 25.3 Å². The summed E-state index contributed by atoms with van der Waals surface area (Å²) in [6.45, 7) is 3.05. The molecule has 1 aliphatic rings. The highest BCUT2D eigenvalue weighted by atomic mass is 16.5. The SMILES string of the molecule is CC(c1ccc(OCC2CC2)cc1)C(N)(CCCN)C(=O)O. The van der Waals surface area contributed by atoms with Crippen LogP contribution in [-0.4, -0.2) is 29.8 Å². The standard InChI is InChI=1S/C17H26N2O3/c1-12(17(19,16(20)21)9-2-10-18)14-5-7-15(8-6-14)22-11-13-3-4-13/h5-8,12-13H,2-4,9-11,18-19H2,1H3,(H,20,21). The van der Waals surface area contributed by atoms with Crippen LogP contribution in [0.1, 0.15) is 44.1 Å². The Morgan fingerprint density at radius 3 is 2.55 bits per heavy atom. The molecule has 2 atom stereocenters. The first-order valence-electron chi connectivity index (χ1n) is 7.92. The number of ether oxygens (including phenoxy) is 1. The summed E-state index contributed by atoms with van der Waals surface area (Å²) in [5, 5.41) is 9.51. The number of hydrogen-bond donors (Lipinski definition) is 3. The Hall–Kier alpha value is -1.59. The number of rotatable bonds is 9. The van der Waals surface area contributed by atoms with Crippen LogP contribution in [0.15, 0.2) is 24.3 Å². The minimum atomic E-state index is -1.30. The lowest BCUT2D eigenvalue weighted by Gasteiger charge is -2.31. The van der Waals surface area contributed by atoms with Crippen LogP contribution in [0.2, 0.25) is 0 Å². The quantitative estimate of drug-likeness (QED) is 0.649. The molecule has 1 aromatic carbocycles. The van der Waals surface area contributed by atoms with Crippen molar-refractivity contribution in [2.24, 2.45) is 17.4 Å². The highest BCUT2D eigenvalue weighted by Crippen LogP contribution is 2.32. The van der Waals surface area contributed by atoms with Gasteiger partial charge in [-0.15, -0.1) is 0 Å². The fraction of sp³-hybridized carbons (Fsp3) is 0.588. The van der Waals surface area contributed by atoms with Crippen LogP contribution >= 0.6 is 0 Å². The van der Waals surface area contributed by atoms with Crippen molar-refractivity contribution in [2.75, 3.05) is 13.2 Å². The predicted molar refractivity (Wildman–Crippen MR) is 85.9 cm³/mol. The number of nitrogens with two attached hydrogens (primary N) is 2. The van der Waals surface area contributed by atoms with Gasteiger partial charge in [0.15, 0.2) is 0 Å². The van der Waals surface area contributed by atoms with Gasteiger partial charge in [0.05, 0.1) is 6.61 Å². The molecule has 0 bridgehead atoms. The van der Waals surface area contributed by atoms with Crippen molar-refractivity contribution in [1.29, 1.82) is 0 Å². The van der Waals surface area contributed by atoms with Crippen LogP contribution in [0, 0.1) is 5.92 Å². The van der Waals surface area contributed by atoms with Gasteiger partial charge in [0.1, 0.15) is 11.3 Å². The third-order valence-electron chi connectivity index (χ3n) is 4.53. The van der Waals surface area contributed by atoms with Crippen molar-refractivity contribution >= 4 is 5.97 Å². The summed E-state index contributed by atoms with van der Waals surface area (Å²) in [5.74, 6) is 0.248. The molecule has 0 radical (unpaired) electrons. The van der Waals surface area contributed by atoms with E-state index < -0.39 is 11.5 Å². The second-order valence-electron chi connectivity index (χ2n) is 6.28. The molecular weight excluding hydrogens is 280 g/mol.